The number of allylic oxidation sites excluding steroid dienone is 2. The zero-order valence-corrected chi connectivity index (χ0v) is 11.2. The first-order valence-electron chi connectivity index (χ1n) is 5.23. The molecular formula is C12H8N2O4Se. The number of imide groups is 1. The fourth-order valence-electron chi connectivity index (χ4n) is 1.47. The van der Waals surface area contributed by atoms with Crippen LogP contribution in [0.4, 0.5) is 10.5 Å². The molecule has 0 bridgehead atoms. The van der Waals surface area contributed by atoms with Gasteiger partial charge >= 0.3 is 114 Å². The number of amides is 2. The van der Waals surface area contributed by atoms with Crippen LogP contribution in [0.5, 0.6) is 0 Å². The SMILES string of the molecule is O=C1NC(=O)/C(=C\C=C\c2ccccc2[N+](=O)[O-])[Se]1. The van der Waals surface area contributed by atoms with Crippen molar-refractivity contribution < 1.29 is 14.5 Å². The van der Waals surface area contributed by atoms with E-state index < -0.39 is 25.8 Å². The van der Waals surface area contributed by atoms with Gasteiger partial charge in [0.15, 0.2) is 0 Å². The van der Waals surface area contributed by atoms with E-state index in [0.29, 0.717) is 10.0 Å². The van der Waals surface area contributed by atoms with Gasteiger partial charge in [-0.1, -0.05) is 0 Å². The van der Waals surface area contributed by atoms with Crippen molar-refractivity contribution in [2.45, 2.75) is 0 Å². The van der Waals surface area contributed by atoms with Crippen molar-refractivity contribution >= 4 is 37.4 Å². The second-order valence-corrected chi connectivity index (χ2v) is 5.68. The van der Waals surface area contributed by atoms with Gasteiger partial charge in [-0.05, 0) is 0 Å². The van der Waals surface area contributed by atoms with Crippen molar-refractivity contribution in [2.75, 3.05) is 0 Å². The summed E-state index contributed by atoms with van der Waals surface area (Å²) in [5, 5.41) is 13.0. The first kappa shape index (κ1) is 13.2. The molecule has 2 amide bonds. The van der Waals surface area contributed by atoms with Crippen molar-refractivity contribution in [3.63, 3.8) is 0 Å². The average Bonchev–Trinajstić information content (AvgIpc) is 2.68. The molecule has 6 nitrogen and oxygen atoms in total. The van der Waals surface area contributed by atoms with Gasteiger partial charge in [0.05, 0.1) is 0 Å². The molecule has 1 aliphatic heterocycles. The molecule has 96 valence electrons. The van der Waals surface area contributed by atoms with Crippen molar-refractivity contribution in [3.8, 4) is 0 Å². The minimum absolute atomic E-state index is 0.00499. The third kappa shape index (κ3) is 3.15. The first-order chi connectivity index (χ1) is 9.08. The summed E-state index contributed by atoms with van der Waals surface area (Å²) < 4.78 is 0.410. The second kappa shape index (κ2) is 5.60. The zero-order valence-electron chi connectivity index (χ0n) is 9.53. The molecule has 1 saturated heterocycles. The molecule has 19 heavy (non-hydrogen) atoms. The summed E-state index contributed by atoms with van der Waals surface area (Å²) in [5.41, 5.74) is 0.441. The summed E-state index contributed by atoms with van der Waals surface area (Å²) in [6.07, 6.45) is 4.59. The number of nitrogens with one attached hydrogen (secondary N) is 1. The number of hydrogen-bond donors (Lipinski definition) is 1. The summed E-state index contributed by atoms with van der Waals surface area (Å²) >= 11 is -0.524. The Hall–Kier alpha value is -2.24. The molecule has 0 atom stereocenters. The molecule has 1 N–H and O–H groups in total. The Kier molecular flexibility index (Phi) is 3.89. The molecule has 1 fully saturated rings. The van der Waals surface area contributed by atoms with Gasteiger partial charge in [0.1, 0.15) is 0 Å². The molecule has 0 radical (unpaired) electrons. The maximum absolute atomic E-state index is 11.3. The number of nitro benzene ring substituents is 1. The van der Waals surface area contributed by atoms with Crippen LogP contribution in [0.2, 0.25) is 0 Å². The third-order valence-electron chi connectivity index (χ3n) is 2.30. The van der Waals surface area contributed by atoms with Crippen LogP contribution in [-0.4, -0.2) is 30.6 Å². The van der Waals surface area contributed by atoms with Crippen LogP contribution in [0.1, 0.15) is 5.56 Å². The van der Waals surface area contributed by atoms with Crippen molar-refractivity contribution in [2.24, 2.45) is 0 Å². The number of nitrogens with zero attached hydrogens (tertiary/aromatic N) is 1. The van der Waals surface area contributed by atoms with Gasteiger partial charge in [-0.2, -0.15) is 0 Å². The Morgan fingerprint density at radius 3 is 2.63 bits per heavy atom. The molecule has 1 aromatic rings. The fraction of sp³-hybridized carbons (Fsp3) is 0. The van der Waals surface area contributed by atoms with Gasteiger partial charge in [0.2, 0.25) is 0 Å². The Labute approximate surface area is 114 Å². The van der Waals surface area contributed by atoms with Crippen LogP contribution in [-0.2, 0) is 4.79 Å². The Bertz CT molecular complexity index is 622. The van der Waals surface area contributed by atoms with Crippen molar-refractivity contribution in [3.05, 3.63) is 56.6 Å². The number of benzene rings is 1. The van der Waals surface area contributed by atoms with Gasteiger partial charge in [-0.3, -0.25) is 0 Å². The van der Waals surface area contributed by atoms with Gasteiger partial charge in [-0.15, -0.1) is 0 Å². The Morgan fingerprint density at radius 1 is 1.26 bits per heavy atom. The van der Waals surface area contributed by atoms with E-state index in [1.54, 1.807) is 18.2 Å². The number of rotatable bonds is 3. The van der Waals surface area contributed by atoms with Gasteiger partial charge in [-0.25, -0.2) is 0 Å². The Morgan fingerprint density at radius 2 is 2.00 bits per heavy atom. The quantitative estimate of drug-likeness (QED) is 0.394. The molecule has 2 rings (SSSR count). The van der Waals surface area contributed by atoms with Crippen molar-refractivity contribution in [1.82, 2.24) is 5.32 Å². The van der Waals surface area contributed by atoms with E-state index in [2.05, 4.69) is 5.32 Å². The number of nitro groups is 1. The molecule has 1 heterocycles. The van der Waals surface area contributed by atoms with E-state index in [1.165, 1.54) is 24.3 Å². The summed E-state index contributed by atoms with van der Waals surface area (Å²) in [6.45, 7) is 0. The molecule has 0 spiro atoms. The maximum atomic E-state index is 11.3. The van der Waals surface area contributed by atoms with Gasteiger partial charge < -0.3 is 0 Å². The molecule has 0 aromatic heterocycles. The van der Waals surface area contributed by atoms with E-state index in [4.69, 9.17) is 0 Å². The number of carbonyl (C=O) groups is 2. The van der Waals surface area contributed by atoms with Crippen LogP contribution >= 0.6 is 0 Å². The molecule has 1 aromatic carbocycles. The first-order valence-corrected chi connectivity index (χ1v) is 6.94. The average molecular weight is 323 g/mol. The third-order valence-corrected chi connectivity index (χ3v) is 4.04. The van der Waals surface area contributed by atoms with Gasteiger partial charge in [0.25, 0.3) is 0 Å². The molecule has 7 heteroatoms. The normalized spacial score (nSPS) is 17.2. The topological polar surface area (TPSA) is 89.3 Å². The van der Waals surface area contributed by atoms with E-state index in [9.17, 15) is 19.7 Å². The summed E-state index contributed by atoms with van der Waals surface area (Å²) in [7, 11) is 0. The molecule has 0 saturated carbocycles. The molecule has 0 aliphatic carbocycles. The van der Waals surface area contributed by atoms with Crippen LogP contribution in [0.3, 0.4) is 0 Å². The second-order valence-electron chi connectivity index (χ2n) is 3.55. The van der Waals surface area contributed by atoms with Crippen LogP contribution in [0, 0.1) is 10.1 Å². The van der Waals surface area contributed by atoms with E-state index in [1.807, 2.05) is 0 Å². The zero-order chi connectivity index (χ0) is 13.8. The van der Waals surface area contributed by atoms with E-state index in [0.717, 1.165) is 0 Å². The molecular weight excluding hydrogens is 315 g/mol. The monoisotopic (exact) mass is 324 g/mol. The summed E-state index contributed by atoms with van der Waals surface area (Å²) in [4.78, 5) is 32.3. The number of hydrogen-bond acceptors (Lipinski definition) is 4. The predicted molar refractivity (Wildman–Crippen MR) is 69.5 cm³/mol. The van der Waals surface area contributed by atoms with Crippen LogP contribution in [0.15, 0.2) is 40.9 Å². The fourth-order valence-corrected chi connectivity index (χ4v) is 2.80. The van der Waals surface area contributed by atoms with Crippen molar-refractivity contribution in [1.29, 1.82) is 0 Å². The molecule has 1 aliphatic rings. The molecule has 0 unspecified atom stereocenters. The Balaban J connectivity index is 2.20. The van der Waals surface area contributed by atoms with Crippen LogP contribution < -0.4 is 5.32 Å². The standard InChI is InChI=1S/C12H8N2O4Se/c15-11-10(19-12(16)13-11)7-3-5-8-4-1-2-6-9(8)14(17)18/h1-7H,(H,13,15,16)/b5-3+,10-7+. The summed E-state index contributed by atoms with van der Waals surface area (Å²) in [5.74, 6) is -0.391. The number of carbonyl (C=O) groups excluding carboxylic acids is 2. The van der Waals surface area contributed by atoms with Gasteiger partial charge in [0, 0.05) is 0 Å². The van der Waals surface area contributed by atoms with Crippen LogP contribution in [0.25, 0.3) is 6.08 Å². The number of para-hydroxylation sites is 1. The minimum atomic E-state index is -0.524. The van der Waals surface area contributed by atoms with E-state index >= 15 is 0 Å². The van der Waals surface area contributed by atoms with E-state index in [-0.39, 0.29) is 10.5 Å². The summed E-state index contributed by atoms with van der Waals surface area (Å²) in [6, 6.07) is 6.29. The predicted octanol–water partition coefficient (Wildman–Crippen LogP) is 1.45.